The van der Waals surface area contributed by atoms with E-state index in [1.54, 1.807) is 0 Å². The fourth-order valence-corrected chi connectivity index (χ4v) is 1.78. The second kappa shape index (κ2) is 9.25. The van der Waals surface area contributed by atoms with Crippen LogP contribution in [0.5, 0.6) is 0 Å². The van der Waals surface area contributed by atoms with Gasteiger partial charge in [0, 0.05) is 38.2 Å². The average Bonchev–Trinajstić information content (AvgIpc) is 2.80. The number of hydrogen-bond donors (Lipinski definition) is 1. The molecule has 1 aromatic rings. The molecule has 1 heterocycles. The van der Waals surface area contributed by atoms with Gasteiger partial charge in [-0.3, -0.25) is 0 Å². The molecule has 0 fully saturated rings. The normalized spacial score (nSPS) is 10.9. The lowest BCUT2D eigenvalue weighted by atomic mass is 10.3. The van der Waals surface area contributed by atoms with Crippen LogP contribution in [0.4, 0.5) is 0 Å². The van der Waals surface area contributed by atoms with E-state index in [1.165, 1.54) is 18.5 Å². The molecule has 0 bridgehead atoms. The monoisotopic (exact) mass is 238 g/mol. The van der Waals surface area contributed by atoms with Crippen LogP contribution in [0.2, 0.25) is 0 Å². The van der Waals surface area contributed by atoms with Gasteiger partial charge in [0.15, 0.2) is 0 Å². The molecule has 0 spiro atoms. The van der Waals surface area contributed by atoms with Gasteiger partial charge in [-0.15, -0.1) is 0 Å². The zero-order valence-corrected chi connectivity index (χ0v) is 11.2. The molecule has 0 aromatic carbocycles. The molecular formula is C14H26N2O. The van der Waals surface area contributed by atoms with Crippen LogP contribution >= 0.6 is 0 Å². The molecule has 0 atom stereocenters. The van der Waals surface area contributed by atoms with E-state index < -0.39 is 0 Å². The Morgan fingerprint density at radius 1 is 1.24 bits per heavy atom. The van der Waals surface area contributed by atoms with Crippen molar-refractivity contribution in [1.82, 2.24) is 9.88 Å². The number of ether oxygens (including phenoxy) is 1. The van der Waals surface area contributed by atoms with E-state index in [-0.39, 0.29) is 0 Å². The first-order valence-corrected chi connectivity index (χ1v) is 6.81. The highest BCUT2D eigenvalue weighted by molar-refractivity contribution is 5.06. The van der Waals surface area contributed by atoms with Gasteiger partial charge in [-0.05, 0) is 38.4 Å². The van der Waals surface area contributed by atoms with Gasteiger partial charge in [0.05, 0.1) is 0 Å². The lowest BCUT2D eigenvalue weighted by molar-refractivity contribution is 0.128. The molecule has 3 nitrogen and oxygen atoms in total. The van der Waals surface area contributed by atoms with E-state index in [0.717, 1.165) is 39.3 Å². The minimum atomic E-state index is 0.877. The molecule has 0 aliphatic carbocycles. The number of unbranched alkanes of at least 4 members (excludes halogenated alkanes) is 1. The molecule has 0 aliphatic heterocycles. The summed E-state index contributed by atoms with van der Waals surface area (Å²) < 4.78 is 7.78. The predicted octanol–water partition coefficient (Wildman–Crippen LogP) is 2.80. The Morgan fingerprint density at radius 3 is 2.82 bits per heavy atom. The lowest BCUT2D eigenvalue weighted by Crippen LogP contribution is -2.18. The van der Waals surface area contributed by atoms with Crippen molar-refractivity contribution in [2.45, 2.75) is 46.2 Å². The Bertz CT molecular complexity index is 284. The van der Waals surface area contributed by atoms with Gasteiger partial charge in [0.2, 0.25) is 0 Å². The van der Waals surface area contributed by atoms with E-state index in [2.05, 4.69) is 42.1 Å². The summed E-state index contributed by atoms with van der Waals surface area (Å²) in [5, 5.41) is 3.45. The first-order chi connectivity index (χ1) is 8.38. The van der Waals surface area contributed by atoms with Crippen LogP contribution in [-0.4, -0.2) is 24.3 Å². The van der Waals surface area contributed by atoms with Crippen molar-refractivity contribution in [3.8, 4) is 0 Å². The first-order valence-electron chi connectivity index (χ1n) is 6.81. The molecule has 0 radical (unpaired) electrons. The molecule has 98 valence electrons. The third-order valence-corrected chi connectivity index (χ3v) is 2.85. The molecule has 0 saturated heterocycles. The van der Waals surface area contributed by atoms with E-state index in [1.807, 2.05) is 0 Å². The van der Waals surface area contributed by atoms with E-state index in [4.69, 9.17) is 4.74 Å². The van der Waals surface area contributed by atoms with Gasteiger partial charge < -0.3 is 14.6 Å². The fourth-order valence-electron chi connectivity index (χ4n) is 1.78. The molecule has 17 heavy (non-hydrogen) atoms. The summed E-state index contributed by atoms with van der Waals surface area (Å²) in [5.41, 5.74) is 1.36. The molecule has 0 aliphatic rings. The van der Waals surface area contributed by atoms with Crippen molar-refractivity contribution in [1.29, 1.82) is 0 Å². The van der Waals surface area contributed by atoms with Crippen molar-refractivity contribution >= 4 is 0 Å². The summed E-state index contributed by atoms with van der Waals surface area (Å²) in [4.78, 5) is 0. The molecular weight excluding hydrogens is 212 g/mol. The quantitative estimate of drug-likeness (QED) is 0.634. The smallest absolute Gasteiger partial charge is 0.0478 e. The van der Waals surface area contributed by atoms with Crippen molar-refractivity contribution < 1.29 is 4.74 Å². The summed E-state index contributed by atoms with van der Waals surface area (Å²) in [6, 6.07) is 4.28. The number of hydrogen-bond acceptors (Lipinski definition) is 2. The van der Waals surface area contributed by atoms with Gasteiger partial charge >= 0.3 is 0 Å². The zero-order valence-electron chi connectivity index (χ0n) is 11.2. The standard InChI is InChI=1S/C14H26N2O/c1-3-5-11-17-12-7-9-15-13-14-8-6-10-16(14)4-2/h6,8,10,15H,3-5,7,9,11-13H2,1-2H3. The zero-order chi connectivity index (χ0) is 12.3. The van der Waals surface area contributed by atoms with Crippen LogP contribution in [-0.2, 0) is 17.8 Å². The van der Waals surface area contributed by atoms with E-state index in [9.17, 15) is 0 Å². The molecule has 1 N–H and O–H groups in total. The van der Waals surface area contributed by atoms with Gasteiger partial charge in [-0.1, -0.05) is 13.3 Å². The Hall–Kier alpha value is -0.800. The van der Waals surface area contributed by atoms with Gasteiger partial charge in [0.25, 0.3) is 0 Å². The molecule has 0 unspecified atom stereocenters. The van der Waals surface area contributed by atoms with E-state index in [0.29, 0.717) is 0 Å². The summed E-state index contributed by atoms with van der Waals surface area (Å²) in [5.74, 6) is 0. The molecule has 1 aromatic heterocycles. The highest BCUT2D eigenvalue weighted by atomic mass is 16.5. The highest BCUT2D eigenvalue weighted by Crippen LogP contribution is 2.01. The first kappa shape index (κ1) is 14.3. The van der Waals surface area contributed by atoms with E-state index >= 15 is 0 Å². The minimum absolute atomic E-state index is 0.877. The Morgan fingerprint density at radius 2 is 2.06 bits per heavy atom. The Kier molecular flexibility index (Phi) is 7.76. The maximum Gasteiger partial charge on any atom is 0.0478 e. The maximum absolute atomic E-state index is 5.51. The van der Waals surface area contributed by atoms with Crippen molar-refractivity contribution in [2.24, 2.45) is 0 Å². The van der Waals surface area contributed by atoms with Crippen LogP contribution in [0.3, 0.4) is 0 Å². The largest absolute Gasteiger partial charge is 0.381 e. The van der Waals surface area contributed by atoms with Crippen LogP contribution in [0.15, 0.2) is 18.3 Å². The third-order valence-electron chi connectivity index (χ3n) is 2.85. The maximum atomic E-state index is 5.51. The topological polar surface area (TPSA) is 26.2 Å². The lowest BCUT2D eigenvalue weighted by Gasteiger charge is -2.08. The predicted molar refractivity (Wildman–Crippen MR) is 72.2 cm³/mol. The van der Waals surface area contributed by atoms with Crippen LogP contribution in [0.25, 0.3) is 0 Å². The number of aromatic nitrogens is 1. The number of nitrogens with zero attached hydrogens (tertiary/aromatic N) is 1. The number of aryl methyl sites for hydroxylation is 1. The second-order valence-corrected chi connectivity index (χ2v) is 4.28. The Balaban J connectivity index is 1.97. The van der Waals surface area contributed by atoms with Gasteiger partial charge in [-0.25, -0.2) is 0 Å². The van der Waals surface area contributed by atoms with Crippen molar-refractivity contribution in [2.75, 3.05) is 19.8 Å². The molecule has 0 saturated carbocycles. The SMILES string of the molecule is CCCCOCCCNCc1cccn1CC. The molecule has 1 rings (SSSR count). The van der Waals surface area contributed by atoms with Crippen LogP contribution < -0.4 is 5.32 Å². The average molecular weight is 238 g/mol. The minimum Gasteiger partial charge on any atom is -0.381 e. The molecule has 0 amide bonds. The second-order valence-electron chi connectivity index (χ2n) is 4.28. The Labute approximate surface area is 105 Å². The van der Waals surface area contributed by atoms with Gasteiger partial charge in [0.1, 0.15) is 0 Å². The fraction of sp³-hybridized carbons (Fsp3) is 0.714. The van der Waals surface area contributed by atoms with Crippen molar-refractivity contribution in [3.05, 3.63) is 24.0 Å². The molecule has 3 heteroatoms. The van der Waals surface area contributed by atoms with Crippen molar-refractivity contribution in [3.63, 3.8) is 0 Å². The number of rotatable bonds is 10. The number of nitrogens with one attached hydrogen (secondary N) is 1. The third kappa shape index (κ3) is 5.89. The van der Waals surface area contributed by atoms with Crippen LogP contribution in [0, 0.1) is 0 Å². The summed E-state index contributed by atoms with van der Waals surface area (Å²) in [7, 11) is 0. The van der Waals surface area contributed by atoms with Gasteiger partial charge in [-0.2, -0.15) is 0 Å². The highest BCUT2D eigenvalue weighted by Gasteiger charge is 1.97. The summed E-state index contributed by atoms with van der Waals surface area (Å²) >= 11 is 0. The van der Waals surface area contributed by atoms with Crippen LogP contribution in [0.1, 0.15) is 38.8 Å². The summed E-state index contributed by atoms with van der Waals surface area (Å²) in [6.07, 6.45) is 5.62. The summed E-state index contributed by atoms with van der Waals surface area (Å²) in [6.45, 7) is 9.18.